The minimum absolute atomic E-state index is 0.206. The highest BCUT2D eigenvalue weighted by Gasteiger charge is 2.22. The van der Waals surface area contributed by atoms with Gasteiger partial charge in [-0.3, -0.25) is 10.4 Å². The molecule has 0 amide bonds. The van der Waals surface area contributed by atoms with Gasteiger partial charge in [-0.25, -0.2) is 0 Å². The molecule has 3 nitrogen and oxygen atoms in total. The van der Waals surface area contributed by atoms with Crippen molar-refractivity contribution in [3.05, 3.63) is 27.6 Å². The first-order valence-electron chi connectivity index (χ1n) is 4.37. The molecule has 0 aliphatic heterocycles. The predicted molar refractivity (Wildman–Crippen MR) is 66.4 cm³/mol. The third kappa shape index (κ3) is 2.94. The number of nitrogens with two attached hydrogens (primary N) is 1. The fourth-order valence-corrected chi connectivity index (χ4v) is 1.38. The molecule has 0 bridgehead atoms. The van der Waals surface area contributed by atoms with Crippen LogP contribution in [0.2, 0.25) is 0 Å². The minimum atomic E-state index is -0.306. The molecule has 0 spiro atoms. The molecular formula is C10H14IN3. The number of rotatable bonds is 3. The van der Waals surface area contributed by atoms with Crippen molar-refractivity contribution in [3.8, 4) is 0 Å². The fraction of sp³-hybridized carbons (Fsp3) is 0.400. The standard InChI is InChI=1S/C10H14IN3/c1-10(2,9(12)13)5-8-4-3-7(11)6-14-8/h3-4,6H,5H2,1-2H3,(H3,12,13). The topological polar surface area (TPSA) is 62.8 Å². The maximum atomic E-state index is 7.44. The first kappa shape index (κ1) is 11.4. The van der Waals surface area contributed by atoms with Crippen molar-refractivity contribution in [1.29, 1.82) is 5.41 Å². The van der Waals surface area contributed by atoms with Gasteiger partial charge >= 0.3 is 0 Å². The molecule has 0 aliphatic carbocycles. The summed E-state index contributed by atoms with van der Waals surface area (Å²) in [5, 5.41) is 7.44. The summed E-state index contributed by atoms with van der Waals surface area (Å²) in [7, 11) is 0. The summed E-state index contributed by atoms with van der Waals surface area (Å²) in [6.07, 6.45) is 2.53. The third-order valence-corrected chi connectivity index (χ3v) is 2.78. The molecule has 14 heavy (non-hydrogen) atoms. The van der Waals surface area contributed by atoms with Crippen LogP contribution in [0.1, 0.15) is 19.5 Å². The molecule has 3 N–H and O–H groups in total. The van der Waals surface area contributed by atoms with Crippen molar-refractivity contribution in [2.45, 2.75) is 20.3 Å². The molecular weight excluding hydrogens is 289 g/mol. The highest BCUT2D eigenvalue weighted by molar-refractivity contribution is 14.1. The monoisotopic (exact) mass is 303 g/mol. The summed E-state index contributed by atoms with van der Waals surface area (Å²) >= 11 is 2.22. The highest BCUT2D eigenvalue weighted by Crippen LogP contribution is 2.20. The van der Waals surface area contributed by atoms with E-state index in [4.69, 9.17) is 11.1 Å². The molecule has 1 aromatic rings. The van der Waals surface area contributed by atoms with Crippen LogP contribution in [0.4, 0.5) is 0 Å². The second kappa shape index (κ2) is 4.25. The number of amidine groups is 1. The van der Waals surface area contributed by atoms with Crippen LogP contribution in [-0.4, -0.2) is 10.8 Å². The van der Waals surface area contributed by atoms with E-state index >= 15 is 0 Å². The van der Waals surface area contributed by atoms with Gasteiger partial charge in [0.2, 0.25) is 0 Å². The second-order valence-electron chi connectivity index (χ2n) is 3.94. The molecule has 0 radical (unpaired) electrons. The van der Waals surface area contributed by atoms with Gasteiger partial charge < -0.3 is 5.73 Å². The van der Waals surface area contributed by atoms with Gasteiger partial charge in [0, 0.05) is 27.3 Å². The largest absolute Gasteiger partial charge is 0.387 e. The van der Waals surface area contributed by atoms with E-state index in [0.29, 0.717) is 6.42 Å². The first-order valence-corrected chi connectivity index (χ1v) is 5.44. The van der Waals surface area contributed by atoms with Crippen LogP contribution < -0.4 is 5.73 Å². The lowest BCUT2D eigenvalue weighted by atomic mass is 9.86. The zero-order chi connectivity index (χ0) is 10.8. The quantitative estimate of drug-likeness (QED) is 0.511. The van der Waals surface area contributed by atoms with Crippen LogP contribution in [-0.2, 0) is 6.42 Å². The summed E-state index contributed by atoms with van der Waals surface area (Å²) in [6.45, 7) is 3.91. The van der Waals surface area contributed by atoms with E-state index in [0.717, 1.165) is 9.26 Å². The summed E-state index contributed by atoms with van der Waals surface area (Å²) in [5.41, 5.74) is 6.17. The Hall–Kier alpha value is -0.650. The van der Waals surface area contributed by atoms with Crippen LogP contribution in [0.15, 0.2) is 18.3 Å². The zero-order valence-electron chi connectivity index (χ0n) is 8.34. The molecule has 1 rings (SSSR count). The van der Waals surface area contributed by atoms with Crippen molar-refractivity contribution in [2.24, 2.45) is 11.1 Å². The summed E-state index contributed by atoms with van der Waals surface area (Å²) in [5.74, 6) is 0.206. The molecule has 1 heterocycles. The Morgan fingerprint density at radius 1 is 1.57 bits per heavy atom. The van der Waals surface area contributed by atoms with E-state index in [2.05, 4.69) is 27.6 Å². The molecule has 76 valence electrons. The lowest BCUT2D eigenvalue weighted by molar-refractivity contribution is 0.504. The number of hydrogen-bond acceptors (Lipinski definition) is 2. The van der Waals surface area contributed by atoms with Crippen LogP contribution >= 0.6 is 22.6 Å². The van der Waals surface area contributed by atoms with Crippen LogP contribution in [0.25, 0.3) is 0 Å². The number of hydrogen-bond donors (Lipinski definition) is 2. The van der Waals surface area contributed by atoms with Crippen LogP contribution in [0.3, 0.4) is 0 Å². The second-order valence-corrected chi connectivity index (χ2v) is 5.19. The smallest absolute Gasteiger partial charge is 0.0967 e. The summed E-state index contributed by atoms with van der Waals surface area (Å²) in [6, 6.07) is 3.99. The fourth-order valence-electron chi connectivity index (χ4n) is 1.06. The third-order valence-electron chi connectivity index (χ3n) is 2.14. The average Bonchev–Trinajstić information content (AvgIpc) is 2.08. The van der Waals surface area contributed by atoms with Crippen molar-refractivity contribution >= 4 is 28.4 Å². The number of halogens is 1. The van der Waals surface area contributed by atoms with Gasteiger partial charge in [-0.15, -0.1) is 0 Å². The molecule has 0 aromatic carbocycles. The van der Waals surface area contributed by atoms with Gasteiger partial charge in [0.1, 0.15) is 0 Å². The molecule has 0 aliphatic rings. The lowest BCUT2D eigenvalue weighted by Crippen LogP contribution is -2.33. The molecule has 0 saturated carbocycles. The Kier molecular flexibility index (Phi) is 3.47. The number of aromatic nitrogens is 1. The Morgan fingerprint density at radius 2 is 2.21 bits per heavy atom. The van der Waals surface area contributed by atoms with E-state index in [9.17, 15) is 0 Å². The maximum Gasteiger partial charge on any atom is 0.0967 e. The van der Waals surface area contributed by atoms with Crippen molar-refractivity contribution in [2.75, 3.05) is 0 Å². The normalized spacial score (nSPS) is 11.4. The highest BCUT2D eigenvalue weighted by atomic mass is 127. The molecule has 0 saturated heterocycles. The van der Waals surface area contributed by atoms with Gasteiger partial charge in [-0.1, -0.05) is 13.8 Å². The molecule has 0 unspecified atom stereocenters. The SMILES string of the molecule is CC(C)(Cc1ccc(I)cn1)C(=N)N. The van der Waals surface area contributed by atoms with Gasteiger partial charge in [-0.2, -0.15) is 0 Å². The van der Waals surface area contributed by atoms with E-state index < -0.39 is 0 Å². The van der Waals surface area contributed by atoms with E-state index in [1.54, 1.807) is 0 Å². The molecule has 0 fully saturated rings. The minimum Gasteiger partial charge on any atom is -0.387 e. The van der Waals surface area contributed by atoms with Crippen LogP contribution in [0, 0.1) is 14.4 Å². The molecule has 0 atom stereocenters. The van der Waals surface area contributed by atoms with Crippen molar-refractivity contribution < 1.29 is 0 Å². The Morgan fingerprint density at radius 3 is 2.64 bits per heavy atom. The average molecular weight is 303 g/mol. The maximum absolute atomic E-state index is 7.44. The molecule has 4 heteroatoms. The van der Waals surface area contributed by atoms with Crippen molar-refractivity contribution in [1.82, 2.24) is 4.98 Å². The summed E-state index contributed by atoms with van der Waals surface area (Å²) in [4.78, 5) is 4.29. The number of nitrogens with zero attached hydrogens (tertiary/aromatic N) is 1. The number of pyridine rings is 1. The lowest BCUT2D eigenvalue weighted by Gasteiger charge is -2.22. The van der Waals surface area contributed by atoms with Gasteiger partial charge in [0.05, 0.1) is 5.84 Å². The van der Waals surface area contributed by atoms with E-state index in [-0.39, 0.29) is 11.3 Å². The van der Waals surface area contributed by atoms with Gasteiger partial charge in [0.25, 0.3) is 0 Å². The van der Waals surface area contributed by atoms with Crippen LogP contribution in [0.5, 0.6) is 0 Å². The number of nitrogens with one attached hydrogen (secondary N) is 1. The first-order chi connectivity index (χ1) is 6.42. The Labute approximate surface area is 97.8 Å². The van der Waals surface area contributed by atoms with Gasteiger partial charge in [-0.05, 0) is 34.7 Å². The molecule has 1 aromatic heterocycles. The predicted octanol–water partition coefficient (Wildman–Crippen LogP) is 2.19. The van der Waals surface area contributed by atoms with E-state index in [1.165, 1.54) is 0 Å². The Balaban J connectivity index is 2.79. The zero-order valence-corrected chi connectivity index (χ0v) is 10.5. The summed E-state index contributed by atoms with van der Waals surface area (Å²) < 4.78 is 1.12. The van der Waals surface area contributed by atoms with Crippen molar-refractivity contribution in [3.63, 3.8) is 0 Å². The Bertz CT molecular complexity index is 330. The van der Waals surface area contributed by atoms with E-state index in [1.807, 2.05) is 32.2 Å². The van der Waals surface area contributed by atoms with Gasteiger partial charge in [0.15, 0.2) is 0 Å².